The summed E-state index contributed by atoms with van der Waals surface area (Å²) in [7, 11) is 1.61. The van der Waals surface area contributed by atoms with Crippen molar-refractivity contribution in [2.75, 3.05) is 20.3 Å². The van der Waals surface area contributed by atoms with Gasteiger partial charge in [-0.3, -0.25) is 4.79 Å². The van der Waals surface area contributed by atoms with E-state index in [4.69, 9.17) is 10.5 Å². The van der Waals surface area contributed by atoms with Gasteiger partial charge in [0.15, 0.2) is 0 Å². The van der Waals surface area contributed by atoms with Gasteiger partial charge in [-0.05, 0) is 31.5 Å². The maximum absolute atomic E-state index is 11.8. The standard InChI is InChI=1S/C14H22N2O2S/c1-10(15)12-5-4-6-13(9-12)19-11(2)14(17)16-7-8-18-3/h4-6,9-11H,7-8,15H2,1-3H3,(H,16,17). The van der Waals surface area contributed by atoms with Gasteiger partial charge in [-0.25, -0.2) is 0 Å². The Morgan fingerprint density at radius 2 is 2.21 bits per heavy atom. The highest BCUT2D eigenvalue weighted by atomic mass is 32.2. The summed E-state index contributed by atoms with van der Waals surface area (Å²) in [6.45, 7) is 4.92. The van der Waals surface area contributed by atoms with E-state index in [2.05, 4.69) is 5.32 Å². The number of thioether (sulfide) groups is 1. The Balaban J connectivity index is 2.53. The second-order valence-electron chi connectivity index (χ2n) is 4.41. The van der Waals surface area contributed by atoms with Gasteiger partial charge < -0.3 is 15.8 Å². The van der Waals surface area contributed by atoms with Crippen LogP contribution < -0.4 is 11.1 Å². The van der Waals surface area contributed by atoms with Gasteiger partial charge in [-0.15, -0.1) is 11.8 Å². The molecule has 0 fully saturated rings. The monoisotopic (exact) mass is 282 g/mol. The molecule has 0 aliphatic carbocycles. The van der Waals surface area contributed by atoms with E-state index in [1.54, 1.807) is 7.11 Å². The van der Waals surface area contributed by atoms with Crippen molar-refractivity contribution in [1.82, 2.24) is 5.32 Å². The molecule has 0 heterocycles. The van der Waals surface area contributed by atoms with Crippen molar-refractivity contribution >= 4 is 17.7 Å². The van der Waals surface area contributed by atoms with E-state index in [0.29, 0.717) is 13.2 Å². The highest BCUT2D eigenvalue weighted by molar-refractivity contribution is 8.00. The van der Waals surface area contributed by atoms with Crippen molar-refractivity contribution in [3.63, 3.8) is 0 Å². The maximum atomic E-state index is 11.8. The minimum Gasteiger partial charge on any atom is -0.383 e. The van der Waals surface area contributed by atoms with Crippen LogP contribution in [-0.4, -0.2) is 31.4 Å². The Bertz CT molecular complexity index is 410. The predicted molar refractivity (Wildman–Crippen MR) is 79.2 cm³/mol. The minimum absolute atomic E-state index is 0.00591. The molecule has 0 aliphatic rings. The molecule has 0 spiro atoms. The van der Waals surface area contributed by atoms with Crippen LogP contribution in [0.25, 0.3) is 0 Å². The fraction of sp³-hybridized carbons (Fsp3) is 0.500. The second kappa shape index (κ2) is 8.19. The van der Waals surface area contributed by atoms with Gasteiger partial charge in [0.25, 0.3) is 0 Å². The van der Waals surface area contributed by atoms with Crippen LogP contribution in [0.5, 0.6) is 0 Å². The smallest absolute Gasteiger partial charge is 0.233 e. The number of carbonyl (C=O) groups is 1. The summed E-state index contributed by atoms with van der Waals surface area (Å²) >= 11 is 1.53. The van der Waals surface area contributed by atoms with Crippen molar-refractivity contribution in [3.8, 4) is 0 Å². The molecule has 3 N–H and O–H groups in total. The largest absolute Gasteiger partial charge is 0.383 e. The van der Waals surface area contributed by atoms with Crippen LogP contribution in [0, 0.1) is 0 Å². The van der Waals surface area contributed by atoms with Crippen LogP contribution >= 0.6 is 11.8 Å². The van der Waals surface area contributed by atoms with Crippen LogP contribution in [0.2, 0.25) is 0 Å². The highest BCUT2D eigenvalue weighted by Crippen LogP contribution is 2.25. The van der Waals surface area contributed by atoms with Crippen LogP contribution in [0.4, 0.5) is 0 Å². The first kappa shape index (κ1) is 16.0. The number of hydrogen-bond acceptors (Lipinski definition) is 4. The number of ether oxygens (including phenoxy) is 1. The summed E-state index contributed by atoms with van der Waals surface area (Å²) in [5.74, 6) is 0.0215. The quantitative estimate of drug-likeness (QED) is 0.592. The zero-order valence-corrected chi connectivity index (χ0v) is 12.5. The molecule has 1 amide bonds. The molecule has 4 nitrogen and oxygen atoms in total. The van der Waals surface area contributed by atoms with Crippen LogP contribution in [0.3, 0.4) is 0 Å². The third-order valence-electron chi connectivity index (χ3n) is 2.67. The molecule has 2 atom stereocenters. The molecule has 1 aromatic rings. The van der Waals surface area contributed by atoms with Gasteiger partial charge in [-0.1, -0.05) is 12.1 Å². The zero-order valence-electron chi connectivity index (χ0n) is 11.7. The Morgan fingerprint density at radius 1 is 1.47 bits per heavy atom. The zero-order chi connectivity index (χ0) is 14.3. The molecule has 0 saturated carbocycles. The normalized spacial score (nSPS) is 13.9. The molecule has 0 aliphatic heterocycles. The molecule has 1 rings (SSSR count). The molecule has 106 valence electrons. The lowest BCUT2D eigenvalue weighted by atomic mass is 10.1. The van der Waals surface area contributed by atoms with Gasteiger partial charge in [0.2, 0.25) is 5.91 Å². The fourth-order valence-electron chi connectivity index (χ4n) is 1.55. The molecule has 0 radical (unpaired) electrons. The SMILES string of the molecule is COCCNC(=O)C(C)Sc1cccc(C(C)N)c1. The summed E-state index contributed by atoms with van der Waals surface area (Å²) in [6.07, 6.45) is 0. The third-order valence-corrected chi connectivity index (χ3v) is 3.77. The summed E-state index contributed by atoms with van der Waals surface area (Å²) in [4.78, 5) is 12.9. The summed E-state index contributed by atoms with van der Waals surface area (Å²) in [6, 6.07) is 8.00. The van der Waals surface area contributed by atoms with Crippen molar-refractivity contribution in [3.05, 3.63) is 29.8 Å². The Kier molecular flexibility index (Phi) is 6.91. The number of hydrogen-bond donors (Lipinski definition) is 2. The van der Waals surface area contributed by atoms with Gasteiger partial charge in [0.1, 0.15) is 0 Å². The predicted octanol–water partition coefficient (Wildman–Crippen LogP) is 1.95. The number of nitrogens with one attached hydrogen (secondary N) is 1. The van der Waals surface area contributed by atoms with E-state index in [0.717, 1.165) is 10.5 Å². The number of rotatable bonds is 7. The first-order chi connectivity index (χ1) is 9.04. The molecule has 0 saturated heterocycles. The van der Waals surface area contributed by atoms with Gasteiger partial charge in [-0.2, -0.15) is 0 Å². The minimum atomic E-state index is -0.139. The lowest BCUT2D eigenvalue weighted by Gasteiger charge is -2.13. The molecule has 1 aromatic carbocycles. The molecule has 0 bridgehead atoms. The van der Waals surface area contributed by atoms with E-state index in [-0.39, 0.29) is 17.2 Å². The van der Waals surface area contributed by atoms with Gasteiger partial charge >= 0.3 is 0 Å². The van der Waals surface area contributed by atoms with Crippen molar-refractivity contribution in [2.45, 2.75) is 30.0 Å². The Labute approximate surface area is 119 Å². The molecule has 19 heavy (non-hydrogen) atoms. The summed E-state index contributed by atoms with van der Waals surface area (Å²) < 4.78 is 4.90. The first-order valence-corrected chi connectivity index (χ1v) is 7.21. The summed E-state index contributed by atoms with van der Waals surface area (Å²) in [5, 5.41) is 2.69. The molecular formula is C14H22N2O2S. The number of benzene rings is 1. The average Bonchev–Trinajstić information content (AvgIpc) is 2.39. The van der Waals surface area contributed by atoms with E-state index in [1.807, 2.05) is 38.1 Å². The van der Waals surface area contributed by atoms with Gasteiger partial charge in [0, 0.05) is 24.6 Å². The first-order valence-electron chi connectivity index (χ1n) is 6.33. The van der Waals surface area contributed by atoms with Crippen molar-refractivity contribution in [2.24, 2.45) is 5.73 Å². The van der Waals surface area contributed by atoms with Crippen molar-refractivity contribution < 1.29 is 9.53 Å². The third kappa shape index (κ3) is 5.63. The highest BCUT2D eigenvalue weighted by Gasteiger charge is 2.14. The topological polar surface area (TPSA) is 64.3 Å². The van der Waals surface area contributed by atoms with Crippen LogP contribution in [-0.2, 0) is 9.53 Å². The van der Waals surface area contributed by atoms with Crippen LogP contribution in [0.15, 0.2) is 29.2 Å². The number of methoxy groups -OCH3 is 1. The van der Waals surface area contributed by atoms with Gasteiger partial charge in [0.05, 0.1) is 11.9 Å². The average molecular weight is 282 g/mol. The molecular weight excluding hydrogens is 260 g/mol. The maximum Gasteiger partial charge on any atom is 0.233 e. The van der Waals surface area contributed by atoms with E-state index < -0.39 is 0 Å². The lowest BCUT2D eigenvalue weighted by molar-refractivity contribution is -0.120. The number of carbonyl (C=O) groups excluding carboxylic acids is 1. The molecule has 5 heteroatoms. The van der Waals surface area contributed by atoms with E-state index in [1.165, 1.54) is 11.8 Å². The number of amides is 1. The second-order valence-corrected chi connectivity index (χ2v) is 5.82. The molecule has 0 aromatic heterocycles. The number of nitrogens with two attached hydrogens (primary N) is 1. The van der Waals surface area contributed by atoms with Crippen molar-refractivity contribution in [1.29, 1.82) is 0 Å². The van der Waals surface area contributed by atoms with Crippen LogP contribution in [0.1, 0.15) is 25.5 Å². The summed E-state index contributed by atoms with van der Waals surface area (Å²) in [5.41, 5.74) is 6.93. The Morgan fingerprint density at radius 3 is 2.84 bits per heavy atom. The lowest BCUT2D eigenvalue weighted by Crippen LogP contribution is -2.33. The fourth-order valence-corrected chi connectivity index (χ4v) is 2.51. The van der Waals surface area contributed by atoms with E-state index >= 15 is 0 Å². The van der Waals surface area contributed by atoms with E-state index in [9.17, 15) is 4.79 Å². The Hall–Kier alpha value is -1.04. The molecule has 2 unspecified atom stereocenters.